The second-order valence-corrected chi connectivity index (χ2v) is 11.6. The zero-order valence-corrected chi connectivity index (χ0v) is 22.6. The van der Waals surface area contributed by atoms with E-state index in [2.05, 4.69) is 9.97 Å². The normalized spacial score (nSPS) is 20.0. The summed E-state index contributed by atoms with van der Waals surface area (Å²) in [6.45, 7) is -0.0860. The number of para-hydroxylation sites is 2. The molecule has 3 unspecified atom stereocenters. The summed E-state index contributed by atoms with van der Waals surface area (Å²) >= 11 is 2.83. The zero-order chi connectivity index (χ0) is 27.8. The van der Waals surface area contributed by atoms with Crippen molar-refractivity contribution in [2.24, 2.45) is 5.92 Å². The highest BCUT2D eigenvalue weighted by molar-refractivity contribution is 8.02. The van der Waals surface area contributed by atoms with Gasteiger partial charge in [0.15, 0.2) is 6.04 Å². The fraction of sp³-hybridized carbons (Fsp3) is 0.207. The molecule has 1 saturated heterocycles. The van der Waals surface area contributed by atoms with Crippen molar-refractivity contribution in [1.29, 1.82) is 0 Å². The third-order valence-corrected chi connectivity index (χ3v) is 9.11. The number of rotatable bonds is 9. The van der Waals surface area contributed by atoms with E-state index >= 15 is 0 Å². The number of benzene rings is 2. The molecule has 2 aliphatic heterocycles. The summed E-state index contributed by atoms with van der Waals surface area (Å²) in [4.78, 5) is 60.1. The van der Waals surface area contributed by atoms with Crippen molar-refractivity contribution in [1.82, 2.24) is 14.9 Å². The summed E-state index contributed by atoms with van der Waals surface area (Å²) in [7, 11) is 0. The highest BCUT2D eigenvalue weighted by Gasteiger charge is 2.55. The maximum absolute atomic E-state index is 13.0. The van der Waals surface area contributed by atoms with Crippen LogP contribution in [0.5, 0.6) is 5.75 Å². The van der Waals surface area contributed by atoms with Gasteiger partial charge in [0.25, 0.3) is 5.56 Å². The molecule has 2 aromatic carbocycles. The van der Waals surface area contributed by atoms with Crippen molar-refractivity contribution in [2.75, 3.05) is 6.61 Å². The Morgan fingerprint density at radius 3 is 2.65 bits per heavy atom. The Bertz CT molecular complexity index is 1710. The summed E-state index contributed by atoms with van der Waals surface area (Å²) in [6.07, 6.45) is 0.355. The molecule has 1 amide bonds. The average Bonchev–Trinajstić information content (AvgIpc) is 3.47. The Balaban J connectivity index is 1.19. The molecule has 0 spiro atoms. The number of nitrogens with one attached hydrogen (secondary N) is 1. The second-order valence-electron chi connectivity index (χ2n) is 9.53. The number of aliphatic carboxylic acids is 1. The van der Waals surface area contributed by atoms with E-state index in [1.807, 2.05) is 17.5 Å². The first kappa shape index (κ1) is 26.0. The topological polar surface area (TPSA) is 130 Å². The van der Waals surface area contributed by atoms with Gasteiger partial charge in [-0.1, -0.05) is 30.3 Å². The first-order valence-electron chi connectivity index (χ1n) is 12.6. The average molecular weight is 574 g/mol. The molecule has 0 bridgehead atoms. The first-order valence-corrected chi connectivity index (χ1v) is 14.4. The van der Waals surface area contributed by atoms with Gasteiger partial charge < -0.3 is 19.7 Å². The van der Waals surface area contributed by atoms with Gasteiger partial charge in [0, 0.05) is 23.3 Å². The third-order valence-electron chi connectivity index (χ3n) is 6.96. The predicted molar refractivity (Wildman–Crippen MR) is 152 cm³/mol. The molecule has 1 fully saturated rings. The van der Waals surface area contributed by atoms with Crippen LogP contribution in [0.2, 0.25) is 0 Å². The van der Waals surface area contributed by atoms with Crippen molar-refractivity contribution >= 4 is 51.7 Å². The molecular weight excluding hydrogens is 550 g/mol. The molecule has 2 N–H and O–H groups in total. The number of fused-ring (bicyclic) bond motifs is 2. The van der Waals surface area contributed by atoms with Gasteiger partial charge in [-0.15, -0.1) is 23.1 Å². The minimum Gasteiger partial charge on any atom is -0.488 e. The SMILES string of the molecule is O=C(Cc1cccs1)CC1C(=O)N2C(C(=O)O)C(COc3ccccc3-c3nc4ccccc4c(=O)[nH]3)=CSC12. The number of thiophene rings is 1. The number of Topliss-reactive ketones (excluding diaryl/α,β-unsaturated/α-hetero) is 1. The predicted octanol–water partition coefficient (Wildman–Crippen LogP) is 4.10. The monoisotopic (exact) mass is 573 g/mol. The number of carbonyl (C=O) groups is 3. The lowest BCUT2D eigenvalue weighted by atomic mass is 9.88. The Morgan fingerprint density at radius 2 is 1.85 bits per heavy atom. The van der Waals surface area contributed by atoms with E-state index in [4.69, 9.17) is 4.74 Å². The molecule has 11 heteroatoms. The van der Waals surface area contributed by atoms with Crippen molar-refractivity contribution in [3.63, 3.8) is 0 Å². The number of amides is 1. The molecule has 202 valence electrons. The van der Waals surface area contributed by atoms with Gasteiger partial charge in [-0.2, -0.15) is 0 Å². The van der Waals surface area contributed by atoms with Gasteiger partial charge >= 0.3 is 5.97 Å². The number of thioether (sulfide) groups is 1. The van der Waals surface area contributed by atoms with Crippen LogP contribution in [0.3, 0.4) is 0 Å². The number of hydrogen-bond acceptors (Lipinski definition) is 8. The fourth-order valence-corrected chi connectivity index (χ4v) is 7.06. The van der Waals surface area contributed by atoms with Gasteiger partial charge in [-0.3, -0.25) is 14.4 Å². The third kappa shape index (κ3) is 4.82. The number of hydrogen-bond donors (Lipinski definition) is 2. The highest BCUT2D eigenvalue weighted by Crippen LogP contribution is 2.45. The molecule has 9 nitrogen and oxygen atoms in total. The molecule has 40 heavy (non-hydrogen) atoms. The van der Waals surface area contributed by atoms with Gasteiger partial charge in [0.1, 0.15) is 24.0 Å². The van der Waals surface area contributed by atoms with Crippen LogP contribution in [0, 0.1) is 5.92 Å². The van der Waals surface area contributed by atoms with Crippen molar-refractivity contribution in [3.8, 4) is 17.1 Å². The smallest absolute Gasteiger partial charge is 0.330 e. The maximum atomic E-state index is 13.0. The van der Waals surface area contributed by atoms with Crippen molar-refractivity contribution < 1.29 is 24.2 Å². The zero-order valence-electron chi connectivity index (χ0n) is 21.0. The summed E-state index contributed by atoms with van der Waals surface area (Å²) in [5.74, 6) is -1.35. The molecule has 2 aromatic heterocycles. The van der Waals surface area contributed by atoms with Crippen LogP contribution in [-0.2, 0) is 20.8 Å². The molecule has 4 heterocycles. The molecule has 6 rings (SSSR count). The highest BCUT2D eigenvalue weighted by atomic mass is 32.2. The minimum atomic E-state index is -1.19. The number of carbonyl (C=O) groups excluding carboxylic acids is 2. The second kappa shape index (κ2) is 10.7. The number of ether oxygens (including phenoxy) is 1. The number of carboxylic acids is 1. The van der Waals surface area contributed by atoms with Crippen LogP contribution >= 0.6 is 23.1 Å². The van der Waals surface area contributed by atoms with Crippen molar-refractivity contribution in [2.45, 2.75) is 24.3 Å². The van der Waals surface area contributed by atoms with Gasteiger partial charge in [-0.05, 0) is 41.1 Å². The summed E-state index contributed by atoms with van der Waals surface area (Å²) in [5.41, 5.74) is 1.22. The summed E-state index contributed by atoms with van der Waals surface area (Å²) < 4.78 is 6.06. The van der Waals surface area contributed by atoms with E-state index in [0.29, 0.717) is 33.6 Å². The molecular formula is C29H23N3O6S2. The molecule has 0 aliphatic carbocycles. The number of H-pyrrole nitrogens is 1. The van der Waals surface area contributed by atoms with Crippen LogP contribution in [-0.4, -0.2) is 55.7 Å². The fourth-order valence-electron chi connectivity index (χ4n) is 5.05. The number of carboxylic acid groups (broad SMARTS) is 1. The van der Waals surface area contributed by atoms with Gasteiger partial charge in [-0.25, -0.2) is 9.78 Å². The Labute approximate surface area is 236 Å². The molecule has 2 aliphatic rings. The minimum absolute atomic E-state index is 0.0389. The lowest BCUT2D eigenvalue weighted by Crippen LogP contribution is -2.66. The number of ketones is 1. The lowest BCUT2D eigenvalue weighted by Gasteiger charge is -2.51. The summed E-state index contributed by atoms with van der Waals surface area (Å²) in [5, 5.41) is 13.7. The van der Waals surface area contributed by atoms with Crippen LogP contribution in [0.1, 0.15) is 11.3 Å². The van der Waals surface area contributed by atoms with E-state index in [0.717, 1.165) is 4.88 Å². The van der Waals surface area contributed by atoms with E-state index in [-0.39, 0.29) is 36.7 Å². The maximum Gasteiger partial charge on any atom is 0.330 e. The van der Waals surface area contributed by atoms with E-state index in [9.17, 15) is 24.3 Å². The van der Waals surface area contributed by atoms with Crippen molar-refractivity contribution in [3.05, 3.63) is 92.3 Å². The Morgan fingerprint density at radius 1 is 1.05 bits per heavy atom. The number of β-lactam (4-membered cyclic amide) rings is 1. The number of nitrogens with zero attached hydrogens (tertiary/aromatic N) is 2. The van der Waals surface area contributed by atoms with Crippen LogP contribution in [0.4, 0.5) is 0 Å². The first-order chi connectivity index (χ1) is 19.4. The molecule has 4 aromatic rings. The van der Waals surface area contributed by atoms with E-state index < -0.39 is 23.3 Å². The van der Waals surface area contributed by atoms with Gasteiger partial charge in [0.05, 0.1) is 27.8 Å². The quantitative estimate of drug-likeness (QED) is 0.286. The van der Waals surface area contributed by atoms with E-state index in [1.165, 1.54) is 28.0 Å². The molecule has 0 radical (unpaired) electrons. The largest absolute Gasteiger partial charge is 0.488 e. The van der Waals surface area contributed by atoms with Crippen LogP contribution in [0.25, 0.3) is 22.3 Å². The van der Waals surface area contributed by atoms with E-state index in [1.54, 1.807) is 53.9 Å². The number of aromatic amines is 1. The summed E-state index contributed by atoms with van der Waals surface area (Å²) in [6, 6.07) is 16.6. The molecule has 0 saturated carbocycles. The number of aromatic nitrogens is 2. The molecule has 3 atom stereocenters. The Kier molecular flexibility index (Phi) is 6.99. The van der Waals surface area contributed by atoms with Crippen LogP contribution < -0.4 is 10.3 Å². The standard InChI is InChI=1S/C29H23N3O6S2/c33-17(12-18-6-5-11-39-18)13-21-27(35)32-24(29(36)37)16(15-40-28(21)32)14-38-23-10-4-2-8-20(23)25-30-22-9-3-1-7-19(22)26(34)31-25/h1-11,15,21,24,28H,12-14H2,(H,36,37)(H,30,31,34). The van der Waals surface area contributed by atoms with Gasteiger partial charge in [0.2, 0.25) is 5.91 Å². The lowest BCUT2D eigenvalue weighted by molar-refractivity contribution is -0.163. The Hall–Kier alpha value is -4.22. The van der Waals surface area contributed by atoms with Crippen LogP contribution in [0.15, 0.2) is 81.8 Å².